The molecular weight excluding hydrogens is 200 g/mol. The molecule has 2 unspecified atom stereocenters. The summed E-state index contributed by atoms with van der Waals surface area (Å²) in [4.78, 5) is 11.1. The van der Waals surface area contributed by atoms with Gasteiger partial charge in [0.25, 0.3) is 0 Å². The van der Waals surface area contributed by atoms with Gasteiger partial charge in [-0.1, -0.05) is 44.2 Å². The van der Waals surface area contributed by atoms with Crippen LogP contribution in [0.1, 0.15) is 31.7 Å². The van der Waals surface area contributed by atoms with Crippen molar-refractivity contribution in [1.29, 1.82) is 0 Å². The molecule has 0 spiro atoms. The van der Waals surface area contributed by atoms with E-state index in [1.54, 1.807) is 0 Å². The van der Waals surface area contributed by atoms with E-state index < -0.39 is 5.41 Å². The molecule has 1 aromatic carbocycles. The Bertz CT molecular complexity index is 356. The van der Waals surface area contributed by atoms with E-state index in [9.17, 15) is 4.79 Å². The molecule has 86 valence electrons. The van der Waals surface area contributed by atoms with Crippen molar-refractivity contribution in [3.05, 3.63) is 35.9 Å². The first-order chi connectivity index (χ1) is 7.65. The molecule has 1 aromatic rings. The average molecular weight is 218 g/mol. The fourth-order valence-corrected chi connectivity index (χ4v) is 2.43. The van der Waals surface area contributed by atoms with Gasteiger partial charge in [0, 0.05) is 17.9 Å². The Morgan fingerprint density at radius 1 is 1.31 bits per heavy atom. The maximum Gasteiger partial charge on any atom is 0.128 e. The first-order valence-electron chi connectivity index (χ1n) is 5.78. The van der Waals surface area contributed by atoms with Crippen molar-refractivity contribution in [3.8, 4) is 0 Å². The van der Waals surface area contributed by atoms with Crippen molar-refractivity contribution >= 4 is 6.29 Å². The lowest BCUT2D eigenvalue weighted by atomic mass is 9.78. The molecule has 2 nitrogen and oxygen atoms in total. The van der Waals surface area contributed by atoms with E-state index in [1.165, 1.54) is 5.56 Å². The third kappa shape index (κ3) is 2.03. The van der Waals surface area contributed by atoms with Crippen LogP contribution in [0.25, 0.3) is 0 Å². The molecule has 1 aliphatic heterocycles. The summed E-state index contributed by atoms with van der Waals surface area (Å²) in [5.74, 6) is 0.349. The summed E-state index contributed by atoms with van der Waals surface area (Å²) in [6.45, 7) is 4.65. The Labute approximate surface area is 96.6 Å². The fraction of sp³-hybridized carbons (Fsp3) is 0.500. The lowest BCUT2D eigenvalue weighted by Gasteiger charge is -2.29. The van der Waals surface area contributed by atoms with E-state index in [2.05, 4.69) is 12.1 Å². The maximum absolute atomic E-state index is 11.1. The Morgan fingerprint density at radius 2 is 2.00 bits per heavy atom. The molecule has 1 heterocycles. The second kappa shape index (κ2) is 4.38. The van der Waals surface area contributed by atoms with Crippen LogP contribution in [0.3, 0.4) is 0 Å². The number of aldehydes is 1. The highest BCUT2D eigenvalue weighted by atomic mass is 16.5. The molecule has 1 fully saturated rings. The first kappa shape index (κ1) is 11.3. The van der Waals surface area contributed by atoms with Crippen LogP contribution in [0.2, 0.25) is 0 Å². The molecule has 0 aromatic heterocycles. The zero-order valence-corrected chi connectivity index (χ0v) is 9.85. The van der Waals surface area contributed by atoms with Gasteiger partial charge in [0.2, 0.25) is 0 Å². The van der Waals surface area contributed by atoms with Gasteiger partial charge in [0.05, 0.1) is 6.10 Å². The highest BCUT2D eigenvalue weighted by Gasteiger charge is 2.40. The smallest absolute Gasteiger partial charge is 0.128 e. The van der Waals surface area contributed by atoms with Crippen LogP contribution < -0.4 is 0 Å². The predicted molar refractivity (Wildman–Crippen MR) is 63.4 cm³/mol. The topological polar surface area (TPSA) is 26.3 Å². The lowest BCUT2D eigenvalue weighted by molar-refractivity contribution is -0.121. The molecule has 16 heavy (non-hydrogen) atoms. The van der Waals surface area contributed by atoms with Crippen LogP contribution in [-0.4, -0.2) is 19.0 Å². The zero-order chi connectivity index (χ0) is 11.6. The summed E-state index contributed by atoms with van der Waals surface area (Å²) in [7, 11) is 0. The minimum absolute atomic E-state index is 0.00685. The number of hydrogen-bond donors (Lipinski definition) is 0. The van der Waals surface area contributed by atoms with Crippen molar-refractivity contribution in [3.63, 3.8) is 0 Å². The van der Waals surface area contributed by atoms with E-state index in [-0.39, 0.29) is 6.10 Å². The van der Waals surface area contributed by atoms with Crippen molar-refractivity contribution in [2.45, 2.75) is 32.3 Å². The van der Waals surface area contributed by atoms with E-state index in [1.807, 2.05) is 32.0 Å². The fourth-order valence-electron chi connectivity index (χ4n) is 2.43. The van der Waals surface area contributed by atoms with E-state index in [0.717, 1.165) is 19.3 Å². The van der Waals surface area contributed by atoms with Gasteiger partial charge in [-0.3, -0.25) is 0 Å². The quantitative estimate of drug-likeness (QED) is 0.729. The van der Waals surface area contributed by atoms with Crippen molar-refractivity contribution in [2.24, 2.45) is 5.41 Å². The molecule has 0 saturated carbocycles. The molecule has 2 atom stereocenters. The van der Waals surface area contributed by atoms with E-state index in [4.69, 9.17) is 4.74 Å². The highest BCUT2D eigenvalue weighted by molar-refractivity contribution is 5.59. The average Bonchev–Trinajstić information content (AvgIpc) is 2.80. The number of ether oxygens (including phenoxy) is 1. The Balaban J connectivity index is 2.25. The van der Waals surface area contributed by atoms with Crippen molar-refractivity contribution in [2.75, 3.05) is 6.61 Å². The summed E-state index contributed by atoms with van der Waals surface area (Å²) in [6.07, 6.45) is 2.03. The van der Waals surface area contributed by atoms with Crippen LogP contribution in [0.5, 0.6) is 0 Å². The van der Waals surface area contributed by atoms with Gasteiger partial charge in [0.15, 0.2) is 0 Å². The van der Waals surface area contributed by atoms with Gasteiger partial charge in [-0.2, -0.15) is 0 Å². The number of carbonyl (C=O) groups is 1. The lowest BCUT2D eigenvalue weighted by Crippen LogP contribution is -2.34. The number of rotatable bonds is 3. The summed E-state index contributed by atoms with van der Waals surface area (Å²) < 4.78 is 5.74. The molecule has 0 bridgehead atoms. The third-order valence-corrected chi connectivity index (χ3v) is 3.36. The Hall–Kier alpha value is -1.15. The monoisotopic (exact) mass is 218 g/mol. The summed E-state index contributed by atoms with van der Waals surface area (Å²) >= 11 is 0. The number of carbonyl (C=O) groups excluding carboxylic acids is 1. The second-order valence-corrected chi connectivity index (χ2v) is 5.04. The Morgan fingerprint density at radius 3 is 2.62 bits per heavy atom. The van der Waals surface area contributed by atoms with E-state index >= 15 is 0 Å². The number of benzene rings is 1. The van der Waals surface area contributed by atoms with Gasteiger partial charge in [-0.15, -0.1) is 0 Å². The minimum Gasteiger partial charge on any atom is -0.377 e. The maximum atomic E-state index is 11.1. The number of hydrogen-bond acceptors (Lipinski definition) is 2. The van der Waals surface area contributed by atoms with Gasteiger partial charge >= 0.3 is 0 Å². The van der Waals surface area contributed by atoms with Gasteiger partial charge < -0.3 is 9.53 Å². The SMILES string of the molecule is CC(C)(C=O)C1OCCC1c1ccccc1. The first-order valence-corrected chi connectivity index (χ1v) is 5.78. The van der Waals surface area contributed by atoms with Gasteiger partial charge in [-0.05, 0) is 12.0 Å². The zero-order valence-electron chi connectivity index (χ0n) is 9.85. The van der Waals surface area contributed by atoms with Crippen LogP contribution >= 0.6 is 0 Å². The predicted octanol–water partition coefficient (Wildman–Crippen LogP) is 2.78. The summed E-state index contributed by atoms with van der Waals surface area (Å²) in [6, 6.07) is 10.3. The standard InChI is InChI=1S/C14H18O2/c1-14(2,10-15)13-12(8-9-16-13)11-6-4-3-5-7-11/h3-7,10,12-13H,8-9H2,1-2H3. The molecule has 1 aliphatic rings. The van der Waals surface area contributed by atoms with Crippen molar-refractivity contribution in [1.82, 2.24) is 0 Å². The van der Waals surface area contributed by atoms with E-state index in [0.29, 0.717) is 5.92 Å². The normalized spacial score (nSPS) is 25.6. The molecule has 1 saturated heterocycles. The van der Waals surface area contributed by atoms with Crippen LogP contribution in [-0.2, 0) is 9.53 Å². The molecular formula is C14H18O2. The molecule has 0 N–H and O–H groups in total. The van der Waals surface area contributed by atoms with Crippen LogP contribution in [0.15, 0.2) is 30.3 Å². The summed E-state index contributed by atoms with van der Waals surface area (Å²) in [5.41, 5.74) is 0.872. The molecule has 0 radical (unpaired) electrons. The Kier molecular flexibility index (Phi) is 3.10. The molecule has 2 rings (SSSR count). The molecule has 0 amide bonds. The van der Waals surface area contributed by atoms with Crippen LogP contribution in [0.4, 0.5) is 0 Å². The van der Waals surface area contributed by atoms with Gasteiger partial charge in [-0.25, -0.2) is 0 Å². The molecule has 2 heteroatoms. The molecule has 0 aliphatic carbocycles. The summed E-state index contributed by atoms with van der Waals surface area (Å²) in [5, 5.41) is 0. The largest absolute Gasteiger partial charge is 0.377 e. The minimum atomic E-state index is -0.406. The van der Waals surface area contributed by atoms with Crippen LogP contribution in [0, 0.1) is 5.41 Å². The second-order valence-electron chi connectivity index (χ2n) is 5.04. The van der Waals surface area contributed by atoms with Crippen molar-refractivity contribution < 1.29 is 9.53 Å². The highest BCUT2D eigenvalue weighted by Crippen LogP contribution is 2.39. The van der Waals surface area contributed by atoms with Gasteiger partial charge in [0.1, 0.15) is 6.29 Å². The third-order valence-electron chi connectivity index (χ3n) is 3.36.